The van der Waals surface area contributed by atoms with Crippen molar-refractivity contribution in [2.75, 3.05) is 0 Å². The van der Waals surface area contributed by atoms with Crippen molar-refractivity contribution in [3.05, 3.63) is 49.0 Å². The summed E-state index contributed by atoms with van der Waals surface area (Å²) in [7, 11) is 0. The topological polar surface area (TPSA) is 62.6 Å². The van der Waals surface area contributed by atoms with Gasteiger partial charge in [-0.05, 0) is 58.4 Å². The predicted molar refractivity (Wildman–Crippen MR) is 98.2 cm³/mol. The molecule has 112 valence electrons. The number of rotatable bonds is 3. The molecule has 0 aliphatic carbocycles. The third-order valence-corrected chi connectivity index (χ3v) is 5.37. The molecule has 5 nitrogen and oxygen atoms in total. The van der Waals surface area contributed by atoms with Crippen molar-refractivity contribution in [3.8, 4) is 0 Å². The fourth-order valence-corrected chi connectivity index (χ4v) is 3.87. The van der Waals surface area contributed by atoms with Crippen LogP contribution >= 0.6 is 57.9 Å². The van der Waals surface area contributed by atoms with E-state index >= 15 is 0 Å². The van der Waals surface area contributed by atoms with Gasteiger partial charge in [-0.25, -0.2) is 0 Å². The summed E-state index contributed by atoms with van der Waals surface area (Å²) in [6.07, 6.45) is 1.61. The summed E-state index contributed by atoms with van der Waals surface area (Å²) in [6.45, 7) is 0. The molecule has 0 unspecified atom stereocenters. The molecule has 2 amide bonds. The van der Waals surface area contributed by atoms with Gasteiger partial charge < -0.3 is 4.42 Å². The van der Waals surface area contributed by atoms with Crippen LogP contribution in [-0.4, -0.2) is 21.1 Å². The number of carbonyl (C=O) groups excluding carboxylic acids is 2. The van der Waals surface area contributed by atoms with Crippen LogP contribution in [0.25, 0.3) is 6.08 Å². The molecule has 0 atom stereocenters. The van der Waals surface area contributed by atoms with Gasteiger partial charge >= 0.3 is 0 Å². The molecule has 1 fully saturated rings. The Bertz CT molecular complexity index is 782. The minimum absolute atomic E-state index is 0.280. The smallest absolute Gasteiger partial charge is 0.285 e. The van der Waals surface area contributed by atoms with Crippen LogP contribution in [-0.2, 0) is 4.79 Å². The molecule has 1 N–H and O–H groups in total. The van der Waals surface area contributed by atoms with E-state index in [9.17, 15) is 9.59 Å². The van der Waals surface area contributed by atoms with Gasteiger partial charge in [0.25, 0.3) is 11.8 Å². The summed E-state index contributed by atoms with van der Waals surface area (Å²) in [5, 5.41) is 2.87. The van der Waals surface area contributed by atoms with Crippen molar-refractivity contribution < 1.29 is 14.0 Å². The van der Waals surface area contributed by atoms with Crippen molar-refractivity contribution in [2.45, 2.75) is 0 Å². The van der Waals surface area contributed by atoms with Crippen LogP contribution in [0.3, 0.4) is 0 Å². The number of halogens is 1. The van der Waals surface area contributed by atoms with Crippen molar-refractivity contribution in [2.24, 2.45) is 0 Å². The molecule has 0 aromatic carbocycles. The normalized spacial score (nSPS) is 16.6. The number of carbonyl (C=O) groups is 2. The van der Waals surface area contributed by atoms with Gasteiger partial charge in [0.1, 0.15) is 5.76 Å². The van der Waals surface area contributed by atoms with E-state index in [2.05, 4.69) is 5.43 Å². The molecule has 1 aliphatic rings. The van der Waals surface area contributed by atoms with Gasteiger partial charge in [-0.1, -0.05) is 17.8 Å². The first-order chi connectivity index (χ1) is 10.5. The van der Waals surface area contributed by atoms with Crippen LogP contribution in [0.15, 0.2) is 39.0 Å². The molecule has 1 aliphatic heterocycles. The van der Waals surface area contributed by atoms with E-state index in [1.54, 1.807) is 35.7 Å². The maximum atomic E-state index is 12.3. The van der Waals surface area contributed by atoms with E-state index in [0.29, 0.717) is 15.5 Å². The van der Waals surface area contributed by atoms with Gasteiger partial charge in [-0.2, -0.15) is 5.01 Å². The third kappa shape index (κ3) is 3.26. The maximum Gasteiger partial charge on any atom is 0.285 e. The van der Waals surface area contributed by atoms with Crippen LogP contribution in [0.4, 0.5) is 0 Å². The summed E-state index contributed by atoms with van der Waals surface area (Å²) in [5.74, 6) is -0.166. The molecule has 0 saturated carbocycles. The molecule has 2 aromatic rings. The molecule has 1 saturated heterocycles. The van der Waals surface area contributed by atoms with Gasteiger partial charge in [-0.15, -0.1) is 11.3 Å². The van der Waals surface area contributed by atoms with E-state index < -0.39 is 0 Å². The Kier molecular flexibility index (Phi) is 4.66. The SMILES string of the molecule is O=C(NN1C(=O)/C(=C/c2ccc(I)o2)SC1=S)c1cccs1. The number of furan rings is 1. The lowest BCUT2D eigenvalue weighted by Gasteiger charge is -2.14. The lowest BCUT2D eigenvalue weighted by Crippen LogP contribution is -2.44. The molecular weight excluding hydrogens is 455 g/mol. The predicted octanol–water partition coefficient (Wildman–Crippen LogP) is 3.49. The van der Waals surface area contributed by atoms with Crippen molar-refractivity contribution in [1.29, 1.82) is 0 Å². The quantitative estimate of drug-likeness (QED) is 0.430. The molecule has 0 radical (unpaired) electrons. The molecule has 9 heteroatoms. The van der Waals surface area contributed by atoms with E-state index in [4.69, 9.17) is 16.6 Å². The number of hydrogen-bond donors (Lipinski definition) is 1. The Labute approximate surface area is 152 Å². The monoisotopic (exact) mass is 462 g/mol. The molecule has 2 aromatic heterocycles. The van der Waals surface area contributed by atoms with E-state index in [-0.39, 0.29) is 16.1 Å². The zero-order valence-corrected chi connectivity index (χ0v) is 15.3. The highest BCUT2D eigenvalue weighted by molar-refractivity contribution is 14.1. The Morgan fingerprint density at radius 2 is 2.23 bits per heavy atom. The summed E-state index contributed by atoms with van der Waals surface area (Å²) >= 11 is 9.60. The lowest BCUT2D eigenvalue weighted by atomic mass is 10.4. The van der Waals surface area contributed by atoms with Crippen LogP contribution in [0, 0.1) is 3.77 Å². The van der Waals surface area contributed by atoms with E-state index in [1.807, 2.05) is 22.6 Å². The average molecular weight is 462 g/mol. The highest BCUT2D eigenvalue weighted by atomic mass is 127. The fraction of sp³-hybridized carbons (Fsp3) is 0. The standard InChI is InChI=1S/C13H7IN2O3S3/c14-10-4-3-7(19-10)6-9-12(18)16(13(20)22-9)15-11(17)8-2-1-5-21-8/h1-6H,(H,15,17)/b9-6-. The first kappa shape index (κ1) is 15.7. The number of nitrogens with one attached hydrogen (secondary N) is 1. The number of thioether (sulfide) groups is 1. The second-order valence-corrected chi connectivity index (χ2v) is 7.76. The van der Waals surface area contributed by atoms with Crippen LogP contribution in [0.2, 0.25) is 0 Å². The summed E-state index contributed by atoms with van der Waals surface area (Å²) in [4.78, 5) is 25.3. The number of amides is 2. The largest absolute Gasteiger partial charge is 0.451 e. The molecule has 22 heavy (non-hydrogen) atoms. The zero-order valence-electron chi connectivity index (χ0n) is 10.7. The minimum Gasteiger partial charge on any atom is -0.451 e. The van der Waals surface area contributed by atoms with Crippen LogP contribution < -0.4 is 5.43 Å². The first-order valence-corrected chi connectivity index (χ1v) is 9.11. The van der Waals surface area contributed by atoms with Crippen LogP contribution in [0.1, 0.15) is 15.4 Å². The summed E-state index contributed by atoms with van der Waals surface area (Å²) in [6, 6.07) is 7.00. The minimum atomic E-state index is -0.369. The molecule has 3 heterocycles. The van der Waals surface area contributed by atoms with E-state index in [0.717, 1.165) is 20.5 Å². The first-order valence-electron chi connectivity index (χ1n) is 5.92. The molecule has 3 rings (SSSR count). The van der Waals surface area contributed by atoms with Crippen molar-refractivity contribution >= 4 is 80.1 Å². The van der Waals surface area contributed by atoms with Gasteiger partial charge in [0.05, 0.1) is 9.78 Å². The third-order valence-electron chi connectivity index (χ3n) is 2.62. The number of thiophene rings is 1. The fourth-order valence-electron chi connectivity index (χ4n) is 1.66. The molecule has 0 spiro atoms. The highest BCUT2D eigenvalue weighted by Crippen LogP contribution is 2.32. The number of thiocarbonyl (C=S) groups is 1. The van der Waals surface area contributed by atoms with Crippen molar-refractivity contribution in [3.63, 3.8) is 0 Å². The van der Waals surface area contributed by atoms with E-state index in [1.165, 1.54) is 11.3 Å². The Balaban J connectivity index is 1.77. The second kappa shape index (κ2) is 6.52. The van der Waals surface area contributed by atoms with Gasteiger partial charge in [0.15, 0.2) is 8.09 Å². The summed E-state index contributed by atoms with van der Waals surface area (Å²) in [5.41, 5.74) is 2.52. The molecule has 0 bridgehead atoms. The van der Waals surface area contributed by atoms with Gasteiger partial charge in [0, 0.05) is 6.08 Å². The van der Waals surface area contributed by atoms with Gasteiger partial charge in [-0.3, -0.25) is 15.0 Å². The zero-order chi connectivity index (χ0) is 15.7. The summed E-state index contributed by atoms with van der Waals surface area (Å²) < 4.78 is 6.41. The molecular formula is C13H7IN2O3S3. The Morgan fingerprint density at radius 3 is 2.86 bits per heavy atom. The second-order valence-electron chi connectivity index (χ2n) is 4.08. The van der Waals surface area contributed by atoms with Crippen LogP contribution in [0.5, 0.6) is 0 Å². The number of nitrogens with zero attached hydrogens (tertiary/aromatic N) is 1. The maximum absolute atomic E-state index is 12.3. The average Bonchev–Trinajstić information content (AvgIpc) is 3.18. The lowest BCUT2D eigenvalue weighted by molar-refractivity contribution is -0.123. The van der Waals surface area contributed by atoms with Gasteiger partial charge in [0.2, 0.25) is 0 Å². The Hall–Kier alpha value is -1.17. The Morgan fingerprint density at radius 1 is 1.41 bits per heavy atom. The number of hydrazine groups is 1. The highest BCUT2D eigenvalue weighted by Gasteiger charge is 2.34. The van der Waals surface area contributed by atoms with Crippen molar-refractivity contribution in [1.82, 2.24) is 10.4 Å². The number of hydrogen-bond acceptors (Lipinski definition) is 6.